The maximum Gasteiger partial charge on any atom is 0.303 e. The lowest BCUT2D eigenvalue weighted by Gasteiger charge is -2.44. The third-order valence-corrected chi connectivity index (χ3v) is 8.29. The Morgan fingerprint density at radius 3 is 2.58 bits per heavy atom. The van der Waals surface area contributed by atoms with E-state index in [-0.39, 0.29) is 36.3 Å². The first-order chi connectivity index (χ1) is 17.1. The molecule has 3 rings (SSSR count). The molecule has 0 aliphatic carbocycles. The lowest BCUT2D eigenvalue weighted by molar-refractivity contribution is -0.200. The summed E-state index contributed by atoms with van der Waals surface area (Å²) in [7, 11) is 0. The number of terminal acetylenes is 1. The molecule has 1 saturated heterocycles. The number of hydrogen-bond acceptors (Lipinski definition) is 11. The smallest absolute Gasteiger partial charge is 0.303 e. The van der Waals surface area contributed by atoms with E-state index in [9.17, 15) is 14.4 Å². The van der Waals surface area contributed by atoms with E-state index in [1.807, 2.05) is 20.8 Å². The van der Waals surface area contributed by atoms with E-state index < -0.39 is 18.2 Å². The number of nitrogens with one attached hydrogen (secondary N) is 1. The van der Waals surface area contributed by atoms with Crippen LogP contribution in [0.25, 0.3) is 0 Å². The molecule has 5 unspecified atom stereocenters. The van der Waals surface area contributed by atoms with Crippen LogP contribution in [-0.2, 0) is 30.2 Å². The summed E-state index contributed by atoms with van der Waals surface area (Å²) in [5.41, 5.74) is 0.682. The van der Waals surface area contributed by atoms with E-state index in [4.69, 9.17) is 20.6 Å². The number of anilines is 1. The Kier molecular flexibility index (Phi) is 9.59. The van der Waals surface area contributed by atoms with Gasteiger partial charge in [0.05, 0.1) is 32.8 Å². The van der Waals surface area contributed by atoms with Crippen LogP contribution in [-0.4, -0.2) is 59.2 Å². The highest BCUT2D eigenvalue weighted by Crippen LogP contribution is 2.34. The van der Waals surface area contributed by atoms with Crippen LogP contribution in [0.15, 0.2) is 6.20 Å². The summed E-state index contributed by atoms with van der Waals surface area (Å²) in [5, 5.41) is 4.59. The number of carbonyl (C=O) groups is 3. The number of thiazole rings is 2. The van der Waals surface area contributed by atoms with Gasteiger partial charge in [0.25, 0.3) is 0 Å². The molecule has 2 aromatic heterocycles. The molecule has 36 heavy (non-hydrogen) atoms. The van der Waals surface area contributed by atoms with Gasteiger partial charge in [-0.2, -0.15) is 0 Å². The highest BCUT2D eigenvalue weighted by Gasteiger charge is 2.43. The molecule has 9 nitrogen and oxygen atoms in total. The average Bonchev–Trinajstić information content (AvgIpc) is 3.45. The molecule has 194 valence electrons. The molecule has 1 N–H and O–H groups in total. The van der Waals surface area contributed by atoms with Crippen LogP contribution in [0, 0.1) is 31.1 Å². The van der Waals surface area contributed by atoms with Crippen molar-refractivity contribution in [1.82, 2.24) is 9.97 Å². The zero-order valence-corrected chi connectivity index (χ0v) is 22.7. The fraction of sp³-hybridized carbons (Fsp3) is 0.560. The maximum atomic E-state index is 13.0. The molecule has 1 aliphatic rings. The maximum absolute atomic E-state index is 13.0. The number of aromatic nitrogens is 2. The van der Waals surface area contributed by atoms with Gasteiger partial charge in [-0.15, -0.1) is 23.7 Å². The van der Waals surface area contributed by atoms with Crippen molar-refractivity contribution in [2.75, 3.05) is 18.5 Å². The Morgan fingerprint density at radius 2 is 1.92 bits per heavy atom. The van der Waals surface area contributed by atoms with Crippen LogP contribution < -0.4 is 5.32 Å². The first kappa shape index (κ1) is 27.8. The van der Waals surface area contributed by atoms with Crippen molar-refractivity contribution in [2.45, 2.75) is 65.8 Å². The summed E-state index contributed by atoms with van der Waals surface area (Å²) in [5.74, 6) is 1.66. The van der Waals surface area contributed by atoms with Crippen LogP contribution in [0.2, 0.25) is 0 Å². The Labute approximate surface area is 219 Å². The van der Waals surface area contributed by atoms with E-state index in [0.717, 1.165) is 5.01 Å². The molecule has 5 atom stereocenters. The van der Waals surface area contributed by atoms with E-state index in [1.165, 1.54) is 42.7 Å². The molecule has 0 bridgehead atoms. The minimum absolute atomic E-state index is 0.00204. The summed E-state index contributed by atoms with van der Waals surface area (Å²) in [4.78, 5) is 46.0. The fourth-order valence-electron chi connectivity index (χ4n) is 4.04. The number of esters is 2. The number of aryl methyl sites for hydroxylation is 2. The molecule has 1 fully saturated rings. The fourth-order valence-corrected chi connectivity index (χ4v) is 5.89. The molecular weight excluding hydrogens is 502 g/mol. The second kappa shape index (κ2) is 12.4. The molecule has 0 saturated carbocycles. The van der Waals surface area contributed by atoms with Crippen LogP contribution in [0.1, 0.15) is 59.4 Å². The Bertz CT molecular complexity index is 1140. The van der Waals surface area contributed by atoms with E-state index in [2.05, 4.69) is 21.2 Å². The van der Waals surface area contributed by atoms with Crippen LogP contribution in [0.5, 0.6) is 0 Å². The van der Waals surface area contributed by atoms with Crippen molar-refractivity contribution in [3.63, 3.8) is 0 Å². The van der Waals surface area contributed by atoms with Crippen molar-refractivity contribution in [3.8, 4) is 12.3 Å². The van der Waals surface area contributed by atoms with Crippen molar-refractivity contribution in [3.05, 3.63) is 26.7 Å². The summed E-state index contributed by atoms with van der Waals surface area (Å²) in [6.45, 7) is 8.92. The molecule has 2 aromatic rings. The summed E-state index contributed by atoms with van der Waals surface area (Å²) >= 11 is 2.59. The van der Waals surface area contributed by atoms with Gasteiger partial charge in [0, 0.05) is 39.2 Å². The van der Waals surface area contributed by atoms with Gasteiger partial charge in [0.15, 0.2) is 5.13 Å². The molecule has 1 aliphatic heterocycles. The number of hydrogen-bond donors (Lipinski definition) is 1. The predicted octanol–water partition coefficient (Wildman–Crippen LogP) is 3.65. The van der Waals surface area contributed by atoms with Crippen LogP contribution in [0.3, 0.4) is 0 Å². The number of nitrogens with zero attached hydrogens (tertiary/aromatic N) is 2. The Morgan fingerprint density at radius 1 is 1.17 bits per heavy atom. The molecular formula is C25H31N3O6S2. The van der Waals surface area contributed by atoms with E-state index >= 15 is 0 Å². The van der Waals surface area contributed by atoms with Crippen molar-refractivity contribution >= 4 is 45.5 Å². The van der Waals surface area contributed by atoms with Gasteiger partial charge < -0.3 is 19.5 Å². The molecule has 0 spiro atoms. The van der Waals surface area contributed by atoms with Crippen molar-refractivity contribution < 1.29 is 28.6 Å². The third-order valence-electron chi connectivity index (χ3n) is 6.12. The first-order valence-electron chi connectivity index (χ1n) is 11.7. The molecule has 3 heterocycles. The molecule has 0 radical (unpaired) electrons. The lowest BCUT2D eigenvalue weighted by Crippen LogP contribution is -2.54. The van der Waals surface area contributed by atoms with Gasteiger partial charge in [-0.1, -0.05) is 25.2 Å². The number of rotatable bonds is 10. The largest absolute Gasteiger partial charge is 0.463 e. The summed E-state index contributed by atoms with van der Waals surface area (Å²) in [6, 6.07) is 0. The normalized spacial score (nSPS) is 23.5. The highest BCUT2D eigenvalue weighted by atomic mass is 32.1. The van der Waals surface area contributed by atoms with Gasteiger partial charge >= 0.3 is 11.9 Å². The monoisotopic (exact) mass is 533 g/mol. The van der Waals surface area contributed by atoms with Crippen molar-refractivity contribution in [2.24, 2.45) is 11.8 Å². The van der Waals surface area contributed by atoms with Crippen LogP contribution in [0.4, 0.5) is 5.13 Å². The summed E-state index contributed by atoms with van der Waals surface area (Å²) in [6.07, 6.45) is 6.77. The zero-order chi connectivity index (χ0) is 26.4. The second-order valence-electron chi connectivity index (χ2n) is 8.77. The van der Waals surface area contributed by atoms with E-state index in [0.29, 0.717) is 40.0 Å². The standard InChI is InChI=1S/C25H31N3O6S2/c1-7-8-9-21-28-15(4)24(36-21)22(31)20-11-27-25(35-20)26-10-18-23(33-17(6)30)14(3)13(2)19(34-18)12-32-16(5)29/h1,11,13-14,18-19,23H,8-10,12H2,2-6H3,(H,26,27). The Balaban J connectivity index is 1.69. The predicted molar refractivity (Wildman–Crippen MR) is 137 cm³/mol. The van der Waals surface area contributed by atoms with Gasteiger partial charge in [0.2, 0.25) is 5.78 Å². The number of ether oxygens (including phenoxy) is 3. The van der Waals surface area contributed by atoms with Gasteiger partial charge in [-0.05, 0) is 12.8 Å². The minimum atomic E-state index is -0.494. The third kappa shape index (κ3) is 6.90. The second-order valence-corrected chi connectivity index (χ2v) is 10.9. The Hall–Kier alpha value is -2.81. The lowest BCUT2D eigenvalue weighted by atomic mass is 9.81. The zero-order valence-electron chi connectivity index (χ0n) is 21.0. The van der Waals surface area contributed by atoms with Gasteiger partial charge in [0.1, 0.15) is 18.8 Å². The number of ketones is 1. The topological polar surface area (TPSA) is 117 Å². The highest BCUT2D eigenvalue weighted by molar-refractivity contribution is 7.19. The van der Waals surface area contributed by atoms with Crippen molar-refractivity contribution in [1.29, 1.82) is 0 Å². The summed E-state index contributed by atoms with van der Waals surface area (Å²) < 4.78 is 17.0. The first-order valence-corrected chi connectivity index (χ1v) is 13.3. The number of carbonyl (C=O) groups excluding carboxylic acids is 3. The van der Waals surface area contributed by atoms with Gasteiger partial charge in [-0.3, -0.25) is 14.4 Å². The quantitative estimate of drug-likeness (QED) is 0.277. The van der Waals surface area contributed by atoms with Crippen LogP contribution >= 0.6 is 22.7 Å². The minimum Gasteiger partial charge on any atom is -0.463 e. The molecule has 0 aromatic carbocycles. The van der Waals surface area contributed by atoms with Gasteiger partial charge in [-0.25, -0.2) is 9.97 Å². The molecule has 11 heteroatoms. The average molecular weight is 534 g/mol. The van der Waals surface area contributed by atoms with E-state index in [1.54, 1.807) is 0 Å². The molecule has 0 amide bonds. The SMILES string of the molecule is C#CCCc1nc(C)c(C(=O)c2cnc(NCC3OC(COC(C)=O)C(C)C(C)C3OC(C)=O)s2)s1.